The minimum atomic E-state index is -0.152. The number of hydrogen-bond donors (Lipinski definition) is 1. The normalized spacial score (nSPS) is 11.8. The van der Waals surface area contributed by atoms with Gasteiger partial charge in [0.25, 0.3) is 5.91 Å². The first-order valence-electron chi connectivity index (χ1n) is 9.46. The van der Waals surface area contributed by atoms with Crippen LogP contribution in [0.25, 0.3) is 0 Å². The molecule has 2 aromatic carbocycles. The summed E-state index contributed by atoms with van der Waals surface area (Å²) < 4.78 is 15.9. The summed E-state index contributed by atoms with van der Waals surface area (Å²) in [7, 11) is 4.78. The minimum absolute atomic E-state index is 0.0502. The van der Waals surface area contributed by atoms with Gasteiger partial charge < -0.3 is 19.5 Å². The first-order valence-corrected chi connectivity index (χ1v) is 9.46. The Kier molecular flexibility index (Phi) is 8.14. The second-order valence-electron chi connectivity index (χ2n) is 6.29. The molecule has 152 valence electrons. The topological polar surface area (TPSA) is 60.0 Å². The zero-order valence-electron chi connectivity index (χ0n) is 17.3. The number of benzene rings is 2. The van der Waals surface area contributed by atoms with Crippen molar-refractivity contribution in [2.24, 2.45) is 0 Å². The molecule has 1 atom stereocenters. The van der Waals surface area contributed by atoms with Gasteiger partial charge in [-0.2, -0.15) is 0 Å². The SMILES string of the molecule is CCN(CC)C(CNC(=O)c1ccc(OC)c(OC)c1)c1cccc(OC)c1. The van der Waals surface area contributed by atoms with Crippen molar-refractivity contribution >= 4 is 5.91 Å². The van der Waals surface area contributed by atoms with E-state index in [2.05, 4.69) is 30.1 Å². The summed E-state index contributed by atoms with van der Waals surface area (Å²) >= 11 is 0. The molecule has 1 unspecified atom stereocenters. The van der Waals surface area contributed by atoms with E-state index in [9.17, 15) is 4.79 Å². The molecule has 2 aromatic rings. The average molecular weight is 386 g/mol. The van der Waals surface area contributed by atoms with Crippen LogP contribution in [0.15, 0.2) is 42.5 Å². The molecule has 0 spiro atoms. The van der Waals surface area contributed by atoms with E-state index in [1.165, 1.54) is 0 Å². The fraction of sp³-hybridized carbons (Fsp3) is 0.409. The van der Waals surface area contributed by atoms with Gasteiger partial charge in [-0.05, 0) is 49.0 Å². The quantitative estimate of drug-likeness (QED) is 0.677. The van der Waals surface area contributed by atoms with Crippen molar-refractivity contribution in [1.29, 1.82) is 0 Å². The Hall–Kier alpha value is -2.73. The van der Waals surface area contributed by atoms with Crippen LogP contribution in [0.2, 0.25) is 0 Å². The van der Waals surface area contributed by atoms with Crippen LogP contribution in [0.3, 0.4) is 0 Å². The van der Waals surface area contributed by atoms with Crippen LogP contribution in [0.5, 0.6) is 17.2 Å². The first-order chi connectivity index (χ1) is 13.6. The molecular weight excluding hydrogens is 356 g/mol. The Balaban J connectivity index is 2.19. The standard InChI is InChI=1S/C22H30N2O4/c1-6-24(7-2)19(16-9-8-10-18(13-16)26-3)15-23-22(25)17-11-12-20(27-4)21(14-17)28-5/h8-14,19H,6-7,15H2,1-5H3,(H,23,25). The predicted octanol–water partition coefficient (Wildman–Crippen LogP) is 3.53. The largest absolute Gasteiger partial charge is 0.497 e. The van der Waals surface area contributed by atoms with Crippen LogP contribution in [0, 0.1) is 0 Å². The maximum atomic E-state index is 12.7. The van der Waals surface area contributed by atoms with Crippen LogP contribution in [-0.4, -0.2) is 51.8 Å². The molecule has 1 N–H and O–H groups in total. The van der Waals surface area contributed by atoms with Crippen LogP contribution < -0.4 is 19.5 Å². The van der Waals surface area contributed by atoms with Gasteiger partial charge in [0.2, 0.25) is 0 Å². The molecule has 0 saturated heterocycles. The Morgan fingerprint density at radius 3 is 2.29 bits per heavy atom. The van der Waals surface area contributed by atoms with E-state index < -0.39 is 0 Å². The number of nitrogens with zero attached hydrogens (tertiary/aromatic N) is 1. The molecule has 0 aromatic heterocycles. The number of nitrogens with one attached hydrogen (secondary N) is 1. The highest BCUT2D eigenvalue weighted by Crippen LogP contribution is 2.28. The molecule has 6 nitrogen and oxygen atoms in total. The molecule has 0 fully saturated rings. The second-order valence-corrected chi connectivity index (χ2v) is 6.29. The predicted molar refractivity (Wildman–Crippen MR) is 111 cm³/mol. The van der Waals surface area contributed by atoms with Crippen LogP contribution in [-0.2, 0) is 0 Å². The van der Waals surface area contributed by atoms with Gasteiger partial charge in [-0.3, -0.25) is 9.69 Å². The molecule has 0 aliphatic heterocycles. The molecule has 0 aliphatic rings. The molecule has 6 heteroatoms. The monoisotopic (exact) mass is 386 g/mol. The maximum Gasteiger partial charge on any atom is 0.251 e. The minimum Gasteiger partial charge on any atom is -0.497 e. The van der Waals surface area contributed by atoms with Crippen molar-refractivity contribution in [3.8, 4) is 17.2 Å². The van der Waals surface area contributed by atoms with Crippen molar-refractivity contribution in [3.63, 3.8) is 0 Å². The summed E-state index contributed by atoms with van der Waals surface area (Å²) in [6.07, 6.45) is 0. The molecule has 0 heterocycles. The Morgan fingerprint density at radius 1 is 0.964 bits per heavy atom. The van der Waals surface area contributed by atoms with Gasteiger partial charge in [0, 0.05) is 12.1 Å². The molecule has 28 heavy (non-hydrogen) atoms. The lowest BCUT2D eigenvalue weighted by Crippen LogP contribution is -2.38. The van der Waals surface area contributed by atoms with Gasteiger partial charge in [0.05, 0.1) is 27.4 Å². The lowest BCUT2D eigenvalue weighted by Gasteiger charge is -2.30. The van der Waals surface area contributed by atoms with Crippen molar-refractivity contribution < 1.29 is 19.0 Å². The summed E-state index contributed by atoms with van der Waals surface area (Å²) in [5.41, 5.74) is 1.64. The van der Waals surface area contributed by atoms with Gasteiger partial charge in [-0.15, -0.1) is 0 Å². The number of carbonyl (C=O) groups excluding carboxylic acids is 1. The highest BCUT2D eigenvalue weighted by atomic mass is 16.5. The fourth-order valence-electron chi connectivity index (χ4n) is 3.24. The maximum absolute atomic E-state index is 12.7. The fourth-order valence-corrected chi connectivity index (χ4v) is 3.24. The van der Waals surface area contributed by atoms with Gasteiger partial charge >= 0.3 is 0 Å². The highest BCUT2D eigenvalue weighted by Gasteiger charge is 2.20. The second kappa shape index (κ2) is 10.6. The van der Waals surface area contributed by atoms with E-state index in [4.69, 9.17) is 14.2 Å². The number of hydrogen-bond acceptors (Lipinski definition) is 5. The van der Waals surface area contributed by atoms with Crippen LogP contribution >= 0.6 is 0 Å². The van der Waals surface area contributed by atoms with E-state index in [1.807, 2.05) is 18.2 Å². The van der Waals surface area contributed by atoms with Gasteiger partial charge in [-0.1, -0.05) is 26.0 Å². The number of methoxy groups -OCH3 is 3. The van der Waals surface area contributed by atoms with Crippen LogP contribution in [0.4, 0.5) is 0 Å². The highest BCUT2D eigenvalue weighted by molar-refractivity contribution is 5.94. The number of carbonyl (C=O) groups is 1. The van der Waals surface area contributed by atoms with E-state index in [1.54, 1.807) is 39.5 Å². The average Bonchev–Trinajstić information content (AvgIpc) is 2.75. The van der Waals surface area contributed by atoms with E-state index in [0.717, 1.165) is 24.4 Å². The smallest absolute Gasteiger partial charge is 0.251 e. The Labute approximate surface area is 167 Å². The van der Waals surface area contributed by atoms with Gasteiger partial charge in [0.1, 0.15) is 5.75 Å². The molecular formula is C22H30N2O4. The third-order valence-corrected chi connectivity index (χ3v) is 4.83. The number of rotatable bonds is 10. The summed E-state index contributed by atoms with van der Waals surface area (Å²) in [4.78, 5) is 15.0. The van der Waals surface area contributed by atoms with Crippen molar-refractivity contribution in [3.05, 3.63) is 53.6 Å². The number of likely N-dealkylation sites (N-methyl/N-ethyl adjacent to an activating group) is 1. The van der Waals surface area contributed by atoms with Gasteiger partial charge in [0.15, 0.2) is 11.5 Å². The number of ether oxygens (including phenoxy) is 3. The summed E-state index contributed by atoms with van der Waals surface area (Å²) in [6.45, 7) is 6.48. The third-order valence-electron chi connectivity index (χ3n) is 4.83. The lowest BCUT2D eigenvalue weighted by molar-refractivity contribution is 0.0934. The molecule has 0 radical (unpaired) electrons. The van der Waals surface area contributed by atoms with E-state index in [-0.39, 0.29) is 11.9 Å². The third kappa shape index (κ3) is 5.16. The summed E-state index contributed by atoms with van der Waals surface area (Å²) in [5, 5.41) is 3.06. The van der Waals surface area contributed by atoms with E-state index >= 15 is 0 Å². The molecule has 2 rings (SSSR count). The molecule has 0 saturated carbocycles. The Bertz CT molecular complexity index is 775. The van der Waals surface area contributed by atoms with Crippen LogP contribution in [0.1, 0.15) is 35.8 Å². The zero-order valence-corrected chi connectivity index (χ0v) is 17.3. The van der Waals surface area contributed by atoms with Crippen molar-refractivity contribution in [2.45, 2.75) is 19.9 Å². The molecule has 0 aliphatic carbocycles. The summed E-state index contributed by atoms with van der Waals surface area (Å²) in [5.74, 6) is 1.78. The first kappa shape index (κ1) is 21.6. The Morgan fingerprint density at radius 2 is 1.68 bits per heavy atom. The zero-order chi connectivity index (χ0) is 20.5. The summed E-state index contributed by atoms with van der Waals surface area (Å²) in [6, 6.07) is 13.2. The van der Waals surface area contributed by atoms with Gasteiger partial charge in [-0.25, -0.2) is 0 Å². The van der Waals surface area contributed by atoms with Crippen molar-refractivity contribution in [2.75, 3.05) is 41.0 Å². The van der Waals surface area contributed by atoms with Crippen molar-refractivity contribution in [1.82, 2.24) is 10.2 Å². The van der Waals surface area contributed by atoms with E-state index in [0.29, 0.717) is 23.6 Å². The lowest BCUT2D eigenvalue weighted by atomic mass is 10.0. The molecule has 0 bridgehead atoms. The molecule has 1 amide bonds. The number of amides is 1.